The summed E-state index contributed by atoms with van der Waals surface area (Å²) in [5.41, 5.74) is -1.58. The molecule has 39 heavy (non-hydrogen) atoms. The number of carboxylic acid groups (broad SMARTS) is 1. The average Bonchev–Trinajstić information content (AvgIpc) is 3.45. The molecule has 0 spiro atoms. The van der Waals surface area contributed by atoms with Crippen LogP contribution in [0.2, 0.25) is 0 Å². The van der Waals surface area contributed by atoms with Gasteiger partial charge >= 0.3 is 18.2 Å². The van der Waals surface area contributed by atoms with Crippen molar-refractivity contribution in [3.63, 3.8) is 0 Å². The monoisotopic (exact) mass is 571 g/mol. The summed E-state index contributed by atoms with van der Waals surface area (Å²) in [5.74, 6) is -7.57. The smallest absolute Gasteiger partial charge is 0.411 e. The van der Waals surface area contributed by atoms with Crippen molar-refractivity contribution in [1.82, 2.24) is 9.80 Å². The van der Waals surface area contributed by atoms with Gasteiger partial charge in [-0.25, -0.2) is 31.9 Å². The molecule has 3 heterocycles. The van der Waals surface area contributed by atoms with Crippen molar-refractivity contribution in [2.75, 3.05) is 32.9 Å². The lowest BCUT2D eigenvalue weighted by atomic mass is 10.2. The molecule has 225 valence electrons. The fourth-order valence-electron chi connectivity index (χ4n) is 3.66. The van der Waals surface area contributed by atoms with Gasteiger partial charge in [-0.1, -0.05) is 0 Å². The van der Waals surface area contributed by atoms with Gasteiger partial charge in [-0.15, -0.1) is 0 Å². The third-order valence-electron chi connectivity index (χ3n) is 5.23. The summed E-state index contributed by atoms with van der Waals surface area (Å²) < 4.78 is 67.1. The number of carboxylic acids is 1. The van der Waals surface area contributed by atoms with E-state index in [1.54, 1.807) is 41.5 Å². The number of aliphatic hydroxyl groups excluding tert-OH is 1. The van der Waals surface area contributed by atoms with Crippen LogP contribution in [0.25, 0.3) is 0 Å². The summed E-state index contributed by atoms with van der Waals surface area (Å²) in [5, 5.41) is 17.7. The van der Waals surface area contributed by atoms with E-state index in [4.69, 9.17) is 24.4 Å². The Hall–Kier alpha value is -2.29. The maximum Gasteiger partial charge on any atom is 0.411 e. The summed E-state index contributed by atoms with van der Waals surface area (Å²) in [7, 11) is 0. The van der Waals surface area contributed by atoms with Gasteiger partial charge in [0.05, 0.1) is 25.7 Å². The Bertz CT molecular complexity index is 809. The Morgan fingerprint density at radius 3 is 1.62 bits per heavy atom. The van der Waals surface area contributed by atoms with E-state index in [0.29, 0.717) is 4.90 Å². The van der Waals surface area contributed by atoms with Crippen LogP contribution >= 0.6 is 0 Å². The van der Waals surface area contributed by atoms with E-state index in [9.17, 15) is 31.9 Å². The minimum Gasteiger partial charge on any atom is -0.480 e. The standard InChI is InChI=1S/C10H15F2NO4.C10H17F2NO3.C4H8O.B/c1-9(2,3)17-8(16)13-5-10(11,12)4-6(13)7(14)15;1-9(2,3)16-8(15)13-6-10(11,12)4-7(13)5-14;1-2-4-5-3-1;/h6H,4-5H2,1-3H3,(H,14,15);7,14H,4-6H2,1-3H3;1-4H2;/t6-;7-;;/m00../s1. The van der Waals surface area contributed by atoms with E-state index in [1.807, 2.05) is 0 Å². The Morgan fingerprint density at radius 1 is 0.846 bits per heavy atom. The molecule has 2 amide bonds. The second kappa shape index (κ2) is 14.4. The summed E-state index contributed by atoms with van der Waals surface area (Å²) in [6.45, 7) is 9.63. The van der Waals surface area contributed by atoms with Gasteiger partial charge in [0.2, 0.25) is 0 Å². The second-order valence-corrected chi connectivity index (χ2v) is 11.3. The quantitative estimate of drug-likeness (QED) is 0.379. The molecule has 10 nitrogen and oxygen atoms in total. The first-order chi connectivity index (χ1) is 17.2. The lowest BCUT2D eigenvalue weighted by molar-refractivity contribution is -0.142. The number of rotatable bonds is 2. The highest BCUT2D eigenvalue weighted by Gasteiger charge is 2.51. The molecule has 15 heteroatoms. The molecule has 0 unspecified atom stereocenters. The van der Waals surface area contributed by atoms with Crippen molar-refractivity contribution in [3.8, 4) is 0 Å². The highest BCUT2D eigenvalue weighted by Crippen LogP contribution is 2.34. The predicted molar refractivity (Wildman–Crippen MR) is 133 cm³/mol. The van der Waals surface area contributed by atoms with Crippen LogP contribution in [0.1, 0.15) is 67.2 Å². The number of aliphatic carboxylic acids is 1. The summed E-state index contributed by atoms with van der Waals surface area (Å²) >= 11 is 0. The first-order valence-corrected chi connectivity index (χ1v) is 12.3. The van der Waals surface area contributed by atoms with Crippen LogP contribution in [0.15, 0.2) is 0 Å². The third-order valence-corrected chi connectivity index (χ3v) is 5.23. The summed E-state index contributed by atoms with van der Waals surface area (Å²) in [4.78, 5) is 35.4. The Labute approximate surface area is 228 Å². The van der Waals surface area contributed by atoms with Crippen LogP contribution in [0.4, 0.5) is 27.2 Å². The number of likely N-dealkylation sites (tertiary alicyclic amines) is 2. The van der Waals surface area contributed by atoms with Gasteiger partial charge in [-0.2, -0.15) is 0 Å². The second-order valence-electron chi connectivity index (χ2n) is 11.3. The Kier molecular flexibility index (Phi) is 13.5. The van der Waals surface area contributed by atoms with Crippen molar-refractivity contribution in [3.05, 3.63) is 0 Å². The topological polar surface area (TPSA) is 126 Å². The first-order valence-electron chi connectivity index (χ1n) is 12.3. The van der Waals surface area contributed by atoms with Gasteiger partial charge in [0.25, 0.3) is 11.8 Å². The average molecular weight is 571 g/mol. The summed E-state index contributed by atoms with van der Waals surface area (Å²) in [6.07, 6.45) is -0.657. The van der Waals surface area contributed by atoms with Crippen molar-refractivity contribution >= 4 is 26.6 Å². The fraction of sp³-hybridized carbons (Fsp3) is 0.875. The van der Waals surface area contributed by atoms with Crippen molar-refractivity contribution in [1.29, 1.82) is 0 Å². The molecule has 0 bridgehead atoms. The summed E-state index contributed by atoms with van der Waals surface area (Å²) in [6, 6.07) is -2.38. The van der Waals surface area contributed by atoms with Gasteiger partial charge in [0.1, 0.15) is 17.2 Å². The van der Waals surface area contributed by atoms with Gasteiger partial charge in [0, 0.05) is 34.5 Å². The van der Waals surface area contributed by atoms with Crippen LogP contribution < -0.4 is 0 Å². The van der Waals surface area contributed by atoms with Crippen molar-refractivity contribution in [2.45, 2.75) is 102 Å². The van der Waals surface area contributed by atoms with E-state index < -0.39 is 85.8 Å². The maximum atomic E-state index is 13.1. The van der Waals surface area contributed by atoms with Crippen molar-refractivity contribution < 1.29 is 56.4 Å². The van der Waals surface area contributed by atoms with E-state index in [1.165, 1.54) is 12.8 Å². The van der Waals surface area contributed by atoms with E-state index in [0.717, 1.165) is 18.1 Å². The lowest BCUT2D eigenvalue weighted by Crippen LogP contribution is -2.43. The van der Waals surface area contributed by atoms with E-state index in [-0.39, 0.29) is 8.41 Å². The SMILES string of the molecule is C1CCOC1.CC(C)(C)OC(=O)N1CC(F)(F)C[C@H]1C(=O)O.CC(C)(C)OC(=O)N1CC(F)(F)C[C@H]1CO.[B]. The third kappa shape index (κ3) is 13.6. The number of carbonyl (C=O) groups excluding carboxylic acids is 2. The lowest BCUT2D eigenvalue weighted by Gasteiger charge is -2.27. The number of nitrogens with zero attached hydrogens (tertiary/aromatic N) is 2. The number of halogens is 4. The molecule has 3 fully saturated rings. The molecule has 2 N–H and O–H groups in total. The molecule has 3 radical (unpaired) electrons. The molecule has 0 aromatic carbocycles. The number of alkyl halides is 4. The first kappa shape index (κ1) is 36.7. The minimum atomic E-state index is -3.18. The fourth-order valence-corrected chi connectivity index (χ4v) is 3.66. The predicted octanol–water partition coefficient (Wildman–Crippen LogP) is 3.76. The zero-order chi connectivity index (χ0) is 29.5. The van der Waals surface area contributed by atoms with E-state index in [2.05, 4.69) is 0 Å². The molecule has 2 atom stereocenters. The molecule has 0 aliphatic carbocycles. The van der Waals surface area contributed by atoms with E-state index >= 15 is 0 Å². The van der Waals surface area contributed by atoms with Crippen molar-refractivity contribution in [2.24, 2.45) is 0 Å². The zero-order valence-corrected chi connectivity index (χ0v) is 23.3. The van der Waals surface area contributed by atoms with Gasteiger partial charge in [0.15, 0.2) is 0 Å². The van der Waals surface area contributed by atoms with Crippen LogP contribution in [0.3, 0.4) is 0 Å². The number of ether oxygens (including phenoxy) is 3. The van der Waals surface area contributed by atoms with Crippen LogP contribution in [0.5, 0.6) is 0 Å². The number of aliphatic hydroxyl groups is 1. The Balaban J connectivity index is 0.000000614. The minimum absolute atomic E-state index is 0. The molecule has 0 aromatic heterocycles. The Morgan fingerprint density at radius 2 is 1.26 bits per heavy atom. The highest BCUT2D eigenvalue weighted by molar-refractivity contribution is 5.81. The molecular formula is C24H40BF4N2O8. The number of hydrogen-bond acceptors (Lipinski definition) is 7. The zero-order valence-electron chi connectivity index (χ0n) is 23.3. The molecular weight excluding hydrogens is 531 g/mol. The van der Waals surface area contributed by atoms with Gasteiger partial charge in [-0.05, 0) is 54.4 Å². The maximum absolute atomic E-state index is 13.1. The van der Waals surface area contributed by atoms with Gasteiger partial charge < -0.3 is 24.4 Å². The number of amides is 2. The molecule has 3 saturated heterocycles. The van der Waals surface area contributed by atoms with Crippen LogP contribution in [0, 0.1) is 0 Å². The molecule has 3 rings (SSSR count). The van der Waals surface area contributed by atoms with Crippen LogP contribution in [-0.4, -0.2) is 115 Å². The number of hydrogen-bond donors (Lipinski definition) is 2. The van der Waals surface area contributed by atoms with Gasteiger partial charge in [-0.3, -0.25) is 9.80 Å². The molecule has 0 saturated carbocycles. The molecule has 0 aromatic rings. The molecule has 3 aliphatic heterocycles. The molecule has 3 aliphatic rings. The normalized spacial score (nSPS) is 23.5. The largest absolute Gasteiger partial charge is 0.480 e. The van der Waals surface area contributed by atoms with Crippen LogP contribution in [-0.2, 0) is 19.0 Å². The highest BCUT2D eigenvalue weighted by atomic mass is 19.3. The number of carbonyl (C=O) groups is 3.